The quantitative estimate of drug-likeness (QED) is 0.430. The number of hydrogen-bond donors (Lipinski definition) is 1. The van der Waals surface area contributed by atoms with Gasteiger partial charge in [0.05, 0.1) is 19.4 Å². The Bertz CT molecular complexity index is 909. The van der Waals surface area contributed by atoms with Crippen molar-refractivity contribution in [3.63, 3.8) is 0 Å². The molecule has 3 rings (SSSR count). The Morgan fingerprint density at radius 2 is 2.07 bits per heavy atom. The summed E-state index contributed by atoms with van der Waals surface area (Å²) in [7, 11) is 1.61. The minimum Gasteiger partial charge on any atom is -0.497 e. The molecular weight excluding hydrogens is 424 g/mol. The third-order valence-electron chi connectivity index (χ3n) is 4.86. The Morgan fingerprint density at radius 3 is 2.73 bits per heavy atom. The van der Waals surface area contributed by atoms with E-state index < -0.39 is 0 Å². The van der Waals surface area contributed by atoms with Crippen LogP contribution in [0, 0.1) is 0 Å². The smallest absolute Gasteiger partial charge is 0.225 e. The Hall–Kier alpha value is -1.93. The summed E-state index contributed by atoms with van der Waals surface area (Å²) in [6.07, 6.45) is 0.671. The van der Waals surface area contributed by atoms with Gasteiger partial charge in [0, 0.05) is 35.0 Å². The summed E-state index contributed by atoms with van der Waals surface area (Å²) in [6, 6.07) is 11.2. The molecule has 30 heavy (non-hydrogen) atoms. The molecule has 1 amide bonds. The zero-order chi connectivity index (χ0) is 21.8. The fraction of sp³-hybridized carbons (Fsp3) is 0.409. The fourth-order valence-electron chi connectivity index (χ4n) is 3.26. The van der Waals surface area contributed by atoms with Crippen LogP contribution in [0.2, 0.25) is 5.02 Å². The average Bonchev–Trinajstić information content (AvgIpc) is 3.09. The maximum Gasteiger partial charge on any atom is 0.225 e. The van der Waals surface area contributed by atoms with Gasteiger partial charge >= 0.3 is 0 Å². The second-order valence-electron chi connectivity index (χ2n) is 7.33. The van der Waals surface area contributed by atoms with Crippen molar-refractivity contribution in [2.45, 2.75) is 43.5 Å². The number of thioether (sulfide) groups is 1. The lowest BCUT2D eigenvalue weighted by Gasteiger charge is -2.26. The molecule has 1 aliphatic heterocycles. The maximum absolute atomic E-state index is 12.5. The number of amides is 1. The van der Waals surface area contributed by atoms with Crippen LogP contribution in [-0.2, 0) is 4.79 Å². The minimum absolute atomic E-state index is 0.0600. The van der Waals surface area contributed by atoms with Gasteiger partial charge < -0.3 is 14.7 Å². The highest BCUT2D eigenvalue weighted by Crippen LogP contribution is 2.54. The third kappa shape index (κ3) is 5.03. The molecule has 0 aliphatic carbocycles. The number of methoxy groups -OCH3 is 1. The Balaban J connectivity index is 1.86. The van der Waals surface area contributed by atoms with E-state index in [1.165, 1.54) is 5.06 Å². The van der Waals surface area contributed by atoms with Gasteiger partial charge in [0.25, 0.3) is 0 Å². The summed E-state index contributed by atoms with van der Waals surface area (Å²) in [4.78, 5) is 15.2. The largest absolute Gasteiger partial charge is 0.497 e. The second kappa shape index (κ2) is 9.92. The number of rotatable bonds is 8. The number of ether oxygens (including phenoxy) is 2. The van der Waals surface area contributed by atoms with Crippen molar-refractivity contribution in [2.75, 3.05) is 25.2 Å². The Morgan fingerprint density at radius 1 is 1.30 bits per heavy atom. The zero-order valence-electron chi connectivity index (χ0n) is 17.6. The van der Waals surface area contributed by atoms with E-state index in [0.29, 0.717) is 36.1 Å². The molecule has 0 radical (unpaired) electrons. The monoisotopic (exact) mass is 450 g/mol. The van der Waals surface area contributed by atoms with Crippen LogP contribution in [0.15, 0.2) is 41.3 Å². The predicted molar refractivity (Wildman–Crippen MR) is 120 cm³/mol. The van der Waals surface area contributed by atoms with Gasteiger partial charge in [0.2, 0.25) is 5.91 Å². The standard InChI is InChI=1S/C22H27ClN2O4S/c1-14(2)24(27)10-5-11-29-20-9-7-17(28-4)13-18(20)22-25(15(3)26)19-8-6-16(23)12-21(19)30-22/h6-9,12-14,22,27H,5,10-11H2,1-4H3. The van der Waals surface area contributed by atoms with E-state index in [1.807, 2.05) is 44.2 Å². The lowest BCUT2D eigenvalue weighted by Crippen LogP contribution is -2.29. The van der Waals surface area contributed by atoms with Crippen LogP contribution in [0.1, 0.15) is 38.1 Å². The lowest BCUT2D eigenvalue weighted by molar-refractivity contribution is -0.118. The van der Waals surface area contributed by atoms with Crippen molar-refractivity contribution in [2.24, 2.45) is 0 Å². The van der Waals surface area contributed by atoms with Crippen molar-refractivity contribution in [1.82, 2.24) is 5.06 Å². The SMILES string of the molecule is COc1ccc(OCCCN(O)C(C)C)c(C2Sc3cc(Cl)ccc3N2C(C)=O)c1. The van der Waals surface area contributed by atoms with Gasteiger partial charge in [-0.05, 0) is 56.7 Å². The first-order chi connectivity index (χ1) is 14.3. The van der Waals surface area contributed by atoms with Gasteiger partial charge in [-0.2, -0.15) is 5.06 Å². The highest BCUT2D eigenvalue weighted by atomic mass is 35.5. The van der Waals surface area contributed by atoms with Gasteiger partial charge in [-0.25, -0.2) is 0 Å². The number of halogens is 1. The molecule has 0 aromatic heterocycles. The van der Waals surface area contributed by atoms with Crippen molar-refractivity contribution < 1.29 is 19.5 Å². The van der Waals surface area contributed by atoms with Crippen LogP contribution in [0.4, 0.5) is 5.69 Å². The molecule has 6 nitrogen and oxygen atoms in total. The number of hydroxylamine groups is 2. The molecule has 0 fully saturated rings. The highest BCUT2D eigenvalue weighted by molar-refractivity contribution is 8.00. The molecule has 0 saturated heterocycles. The molecule has 1 aliphatic rings. The molecule has 0 saturated carbocycles. The summed E-state index contributed by atoms with van der Waals surface area (Å²) in [5.41, 5.74) is 1.69. The molecule has 162 valence electrons. The summed E-state index contributed by atoms with van der Waals surface area (Å²) in [5, 5.41) is 11.5. The van der Waals surface area contributed by atoms with E-state index in [2.05, 4.69) is 0 Å². The Labute approximate surface area is 186 Å². The van der Waals surface area contributed by atoms with E-state index >= 15 is 0 Å². The van der Waals surface area contributed by atoms with E-state index in [-0.39, 0.29) is 17.3 Å². The molecule has 0 bridgehead atoms. The topological polar surface area (TPSA) is 62.2 Å². The number of hydrogen-bond acceptors (Lipinski definition) is 6. The van der Waals surface area contributed by atoms with Crippen molar-refractivity contribution in [1.29, 1.82) is 0 Å². The highest BCUT2D eigenvalue weighted by Gasteiger charge is 2.36. The molecule has 1 atom stereocenters. The number of carbonyl (C=O) groups excluding carboxylic acids is 1. The summed E-state index contributed by atoms with van der Waals surface area (Å²) in [5.74, 6) is 1.32. The second-order valence-corrected chi connectivity index (χ2v) is 8.89. The first kappa shape index (κ1) is 22.7. The van der Waals surface area contributed by atoms with E-state index in [1.54, 1.807) is 36.8 Å². The van der Waals surface area contributed by atoms with Crippen LogP contribution < -0.4 is 14.4 Å². The minimum atomic E-state index is -0.286. The van der Waals surface area contributed by atoms with Gasteiger partial charge in [0.15, 0.2) is 0 Å². The number of fused-ring (bicyclic) bond motifs is 1. The van der Waals surface area contributed by atoms with Gasteiger partial charge in [0.1, 0.15) is 16.9 Å². The molecular formula is C22H27ClN2O4S. The van der Waals surface area contributed by atoms with Gasteiger partial charge in [-0.1, -0.05) is 23.4 Å². The van der Waals surface area contributed by atoms with Crippen molar-refractivity contribution >= 4 is 35.0 Å². The van der Waals surface area contributed by atoms with Crippen molar-refractivity contribution in [3.05, 3.63) is 47.0 Å². The van der Waals surface area contributed by atoms with Gasteiger partial charge in [-0.3, -0.25) is 9.69 Å². The van der Waals surface area contributed by atoms with E-state index in [9.17, 15) is 10.0 Å². The lowest BCUT2D eigenvalue weighted by atomic mass is 10.1. The van der Waals surface area contributed by atoms with E-state index in [4.69, 9.17) is 21.1 Å². The molecule has 0 spiro atoms. The Kier molecular flexibility index (Phi) is 7.52. The summed E-state index contributed by atoms with van der Waals surface area (Å²) < 4.78 is 11.5. The molecule has 2 aromatic rings. The maximum atomic E-state index is 12.5. The van der Waals surface area contributed by atoms with Crippen LogP contribution in [0.25, 0.3) is 0 Å². The molecule has 1 heterocycles. The van der Waals surface area contributed by atoms with Crippen LogP contribution >= 0.6 is 23.4 Å². The molecule has 2 aromatic carbocycles. The molecule has 1 unspecified atom stereocenters. The van der Waals surface area contributed by atoms with Gasteiger partial charge in [-0.15, -0.1) is 0 Å². The summed E-state index contributed by atoms with van der Waals surface area (Å²) >= 11 is 7.73. The predicted octanol–water partition coefficient (Wildman–Crippen LogP) is 5.37. The van der Waals surface area contributed by atoms with Crippen LogP contribution in [0.5, 0.6) is 11.5 Å². The normalized spacial score (nSPS) is 15.6. The summed E-state index contributed by atoms with van der Waals surface area (Å²) in [6.45, 7) is 6.38. The number of anilines is 1. The number of nitrogens with zero attached hydrogens (tertiary/aromatic N) is 2. The molecule has 1 N–H and O–H groups in total. The zero-order valence-corrected chi connectivity index (χ0v) is 19.2. The van der Waals surface area contributed by atoms with Crippen LogP contribution in [0.3, 0.4) is 0 Å². The average molecular weight is 451 g/mol. The third-order valence-corrected chi connectivity index (χ3v) is 6.37. The first-order valence-electron chi connectivity index (χ1n) is 9.84. The van der Waals surface area contributed by atoms with E-state index in [0.717, 1.165) is 16.1 Å². The first-order valence-corrected chi connectivity index (χ1v) is 11.1. The molecule has 8 heteroatoms. The number of benzene rings is 2. The van der Waals surface area contributed by atoms with Crippen molar-refractivity contribution in [3.8, 4) is 11.5 Å². The van der Waals surface area contributed by atoms with Crippen LogP contribution in [-0.4, -0.2) is 42.5 Å². The fourth-order valence-corrected chi connectivity index (χ4v) is 4.90. The number of carbonyl (C=O) groups is 1.